The van der Waals surface area contributed by atoms with Crippen molar-refractivity contribution in [2.24, 2.45) is 0 Å². The molecule has 0 aliphatic heterocycles. The maximum Gasteiger partial charge on any atom is 0.119 e. The van der Waals surface area contributed by atoms with E-state index < -0.39 is 0 Å². The average Bonchev–Trinajstić information content (AvgIpc) is 2.34. The van der Waals surface area contributed by atoms with E-state index in [1.165, 1.54) is 23.5 Å². The third kappa shape index (κ3) is 5.42. The number of nitrogens with one attached hydrogen (secondary N) is 1. The molecule has 0 aliphatic rings. The minimum Gasteiger partial charge on any atom is -0.497 e. The highest BCUT2D eigenvalue weighted by Gasteiger charge is 1.96. The first-order chi connectivity index (χ1) is 7.86. The van der Waals surface area contributed by atoms with Crippen molar-refractivity contribution >= 4 is 11.8 Å². The number of benzene rings is 1. The Kier molecular flexibility index (Phi) is 7.10. The summed E-state index contributed by atoms with van der Waals surface area (Å²) in [6.45, 7) is 4.35. The van der Waals surface area contributed by atoms with Crippen LogP contribution in [0.15, 0.2) is 29.2 Å². The smallest absolute Gasteiger partial charge is 0.119 e. The van der Waals surface area contributed by atoms with Gasteiger partial charge in [0.05, 0.1) is 7.11 Å². The van der Waals surface area contributed by atoms with Crippen LogP contribution in [0.4, 0.5) is 0 Å². The van der Waals surface area contributed by atoms with Gasteiger partial charge in [-0.3, -0.25) is 0 Å². The molecule has 0 bridgehead atoms. The maximum absolute atomic E-state index is 5.19. The summed E-state index contributed by atoms with van der Waals surface area (Å²) in [4.78, 5) is 1.29. The first-order valence-electron chi connectivity index (χ1n) is 5.84. The zero-order chi connectivity index (χ0) is 11.6. The summed E-state index contributed by atoms with van der Waals surface area (Å²) in [7, 11) is 1.71. The first kappa shape index (κ1) is 13.4. The SMILES string of the molecule is CCNCCCCSc1cccc(OC)c1. The Bertz CT molecular complexity index is 291. The minimum absolute atomic E-state index is 0.942. The van der Waals surface area contributed by atoms with Crippen LogP contribution in [0.2, 0.25) is 0 Å². The molecule has 90 valence electrons. The molecule has 3 heteroatoms. The number of rotatable bonds is 8. The minimum atomic E-state index is 0.942. The van der Waals surface area contributed by atoms with Gasteiger partial charge in [0.15, 0.2) is 0 Å². The third-order valence-electron chi connectivity index (χ3n) is 2.31. The molecular weight excluding hydrogens is 218 g/mol. The van der Waals surface area contributed by atoms with Crippen LogP contribution < -0.4 is 10.1 Å². The largest absolute Gasteiger partial charge is 0.497 e. The van der Waals surface area contributed by atoms with Gasteiger partial charge in [-0.05, 0) is 49.9 Å². The molecule has 1 aromatic rings. The number of ether oxygens (including phenoxy) is 1. The normalized spacial score (nSPS) is 10.4. The Balaban J connectivity index is 2.16. The van der Waals surface area contributed by atoms with Gasteiger partial charge in [0.2, 0.25) is 0 Å². The fraction of sp³-hybridized carbons (Fsp3) is 0.538. The lowest BCUT2D eigenvalue weighted by atomic mass is 10.3. The highest BCUT2D eigenvalue weighted by Crippen LogP contribution is 2.23. The van der Waals surface area contributed by atoms with Gasteiger partial charge in [-0.15, -0.1) is 11.8 Å². The molecule has 0 spiro atoms. The molecular formula is C13H21NOS. The van der Waals surface area contributed by atoms with Crippen molar-refractivity contribution in [1.82, 2.24) is 5.32 Å². The summed E-state index contributed by atoms with van der Waals surface area (Å²) in [6.07, 6.45) is 2.51. The van der Waals surface area contributed by atoms with Crippen molar-refractivity contribution in [3.63, 3.8) is 0 Å². The third-order valence-corrected chi connectivity index (χ3v) is 3.39. The Hall–Kier alpha value is -0.670. The summed E-state index contributed by atoms with van der Waals surface area (Å²) in [5.41, 5.74) is 0. The molecule has 1 aromatic carbocycles. The quantitative estimate of drug-likeness (QED) is 0.556. The van der Waals surface area contributed by atoms with Gasteiger partial charge >= 0.3 is 0 Å². The molecule has 0 aromatic heterocycles. The topological polar surface area (TPSA) is 21.3 Å². The second-order valence-corrected chi connectivity index (χ2v) is 4.76. The number of methoxy groups -OCH3 is 1. The Morgan fingerprint density at radius 1 is 1.31 bits per heavy atom. The Morgan fingerprint density at radius 3 is 2.94 bits per heavy atom. The Morgan fingerprint density at radius 2 is 2.19 bits per heavy atom. The lowest BCUT2D eigenvalue weighted by Gasteiger charge is -2.04. The molecule has 0 saturated heterocycles. The summed E-state index contributed by atoms with van der Waals surface area (Å²) < 4.78 is 5.19. The fourth-order valence-electron chi connectivity index (χ4n) is 1.41. The monoisotopic (exact) mass is 239 g/mol. The zero-order valence-electron chi connectivity index (χ0n) is 10.2. The van der Waals surface area contributed by atoms with Crippen molar-refractivity contribution in [3.8, 4) is 5.75 Å². The predicted molar refractivity (Wildman–Crippen MR) is 71.5 cm³/mol. The molecule has 0 fully saturated rings. The zero-order valence-corrected chi connectivity index (χ0v) is 11.0. The van der Waals surface area contributed by atoms with Crippen LogP contribution in [-0.4, -0.2) is 26.0 Å². The summed E-state index contributed by atoms with van der Waals surface area (Å²) in [5, 5.41) is 3.34. The standard InChI is InChI=1S/C13H21NOS/c1-3-14-9-4-5-10-16-13-8-6-7-12(11-13)15-2/h6-8,11,14H,3-5,9-10H2,1-2H3. The molecule has 16 heavy (non-hydrogen) atoms. The van der Waals surface area contributed by atoms with E-state index in [1.807, 2.05) is 23.9 Å². The van der Waals surface area contributed by atoms with E-state index in [1.54, 1.807) is 7.11 Å². The van der Waals surface area contributed by atoms with Crippen LogP contribution in [-0.2, 0) is 0 Å². The van der Waals surface area contributed by atoms with E-state index in [-0.39, 0.29) is 0 Å². The molecule has 0 atom stereocenters. The maximum atomic E-state index is 5.19. The molecule has 0 aliphatic carbocycles. The number of hydrogen-bond acceptors (Lipinski definition) is 3. The van der Waals surface area contributed by atoms with Gasteiger partial charge in [0, 0.05) is 4.90 Å². The molecule has 0 unspecified atom stereocenters. The molecule has 1 N–H and O–H groups in total. The first-order valence-corrected chi connectivity index (χ1v) is 6.83. The van der Waals surface area contributed by atoms with Crippen LogP contribution in [0.3, 0.4) is 0 Å². The number of unbranched alkanes of at least 4 members (excludes halogenated alkanes) is 1. The lowest BCUT2D eigenvalue weighted by Crippen LogP contribution is -2.13. The van der Waals surface area contributed by atoms with E-state index in [0.717, 1.165) is 18.8 Å². The molecule has 0 radical (unpaired) electrons. The summed E-state index contributed by atoms with van der Waals surface area (Å²) in [6, 6.07) is 8.25. The van der Waals surface area contributed by atoms with Crippen molar-refractivity contribution in [1.29, 1.82) is 0 Å². The van der Waals surface area contributed by atoms with E-state index in [9.17, 15) is 0 Å². The molecule has 2 nitrogen and oxygen atoms in total. The highest BCUT2D eigenvalue weighted by molar-refractivity contribution is 7.99. The van der Waals surface area contributed by atoms with Crippen LogP contribution in [0.25, 0.3) is 0 Å². The van der Waals surface area contributed by atoms with Gasteiger partial charge in [0.1, 0.15) is 5.75 Å². The van der Waals surface area contributed by atoms with E-state index >= 15 is 0 Å². The van der Waals surface area contributed by atoms with Crippen LogP contribution >= 0.6 is 11.8 Å². The van der Waals surface area contributed by atoms with Crippen molar-refractivity contribution < 1.29 is 4.74 Å². The number of thioether (sulfide) groups is 1. The summed E-state index contributed by atoms with van der Waals surface area (Å²) in [5.74, 6) is 2.12. The van der Waals surface area contributed by atoms with Gasteiger partial charge in [-0.1, -0.05) is 13.0 Å². The van der Waals surface area contributed by atoms with E-state index in [0.29, 0.717) is 0 Å². The lowest BCUT2D eigenvalue weighted by molar-refractivity contribution is 0.413. The molecule has 1 rings (SSSR count). The van der Waals surface area contributed by atoms with Crippen molar-refractivity contribution in [2.45, 2.75) is 24.7 Å². The molecule has 0 saturated carbocycles. The van der Waals surface area contributed by atoms with Crippen molar-refractivity contribution in [3.05, 3.63) is 24.3 Å². The van der Waals surface area contributed by atoms with Gasteiger partial charge in [0.25, 0.3) is 0 Å². The van der Waals surface area contributed by atoms with E-state index in [2.05, 4.69) is 24.4 Å². The van der Waals surface area contributed by atoms with Crippen LogP contribution in [0.1, 0.15) is 19.8 Å². The predicted octanol–water partition coefficient (Wildman–Crippen LogP) is 3.18. The highest BCUT2D eigenvalue weighted by atomic mass is 32.2. The Labute approximate surface area is 103 Å². The second-order valence-electron chi connectivity index (χ2n) is 3.59. The summed E-state index contributed by atoms with van der Waals surface area (Å²) >= 11 is 1.90. The van der Waals surface area contributed by atoms with Gasteiger partial charge in [-0.25, -0.2) is 0 Å². The van der Waals surface area contributed by atoms with Crippen LogP contribution in [0.5, 0.6) is 5.75 Å². The number of hydrogen-bond donors (Lipinski definition) is 1. The molecule has 0 heterocycles. The van der Waals surface area contributed by atoms with Gasteiger partial charge in [-0.2, -0.15) is 0 Å². The van der Waals surface area contributed by atoms with E-state index in [4.69, 9.17) is 4.74 Å². The van der Waals surface area contributed by atoms with Crippen molar-refractivity contribution in [2.75, 3.05) is 26.0 Å². The molecule has 0 amide bonds. The van der Waals surface area contributed by atoms with Gasteiger partial charge < -0.3 is 10.1 Å². The fourth-order valence-corrected chi connectivity index (χ4v) is 2.37. The average molecular weight is 239 g/mol. The van der Waals surface area contributed by atoms with Crippen LogP contribution in [0, 0.1) is 0 Å². The second kappa shape index (κ2) is 8.48.